The third kappa shape index (κ3) is 1.90. The summed E-state index contributed by atoms with van der Waals surface area (Å²) < 4.78 is 0. The van der Waals surface area contributed by atoms with E-state index in [0.717, 1.165) is 5.69 Å². The molecule has 1 rings (SSSR count). The molecule has 0 bridgehead atoms. The van der Waals surface area contributed by atoms with Gasteiger partial charge >= 0.3 is 0 Å². The molecule has 1 aromatic rings. The van der Waals surface area contributed by atoms with Crippen molar-refractivity contribution in [3.63, 3.8) is 0 Å². The zero-order chi connectivity index (χ0) is 8.27. The van der Waals surface area contributed by atoms with Gasteiger partial charge in [0, 0.05) is 17.5 Å². The van der Waals surface area contributed by atoms with Crippen molar-refractivity contribution >= 4 is 13.6 Å². The lowest BCUT2D eigenvalue weighted by Gasteiger charge is -1.96. The first-order valence-corrected chi connectivity index (χ1v) is 3.40. The Labute approximate surface area is 67.1 Å². The third-order valence-electron chi connectivity index (χ3n) is 1.42. The molecule has 3 heteroatoms. The Hall–Kier alpha value is -1.12. The Bertz CT molecular complexity index is 255. The molecule has 0 fully saturated rings. The normalized spacial score (nSPS) is 9.55. The van der Waals surface area contributed by atoms with Gasteiger partial charge in [0.05, 0.1) is 7.85 Å². The first kappa shape index (κ1) is 7.99. The number of rotatable bonds is 2. The Morgan fingerprint density at radius 1 is 1.64 bits per heavy atom. The van der Waals surface area contributed by atoms with Gasteiger partial charge in [-0.05, 0) is 25.4 Å². The molecule has 0 amide bonds. The van der Waals surface area contributed by atoms with Crippen LogP contribution in [0.4, 0.5) is 0 Å². The van der Waals surface area contributed by atoms with Crippen LogP contribution in [0.15, 0.2) is 18.3 Å². The van der Waals surface area contributed by atoms with Gasteiger partial charge in [0.2, 0.25) is 0 Å². The Morgan fingerprint density at radius 3 is 2.82 bits per heavy atom. The van der Waals surface area contributed by atoms with Crippen LogP contribution in [0.25, 0.3) is 0 Å². The van der Waals surface area contributed by atoms with E-state index in [9.17, 15) is 4.79 Å². The summed E-state index contributed by atoms with van der Waals surface area (Å²) in [6.45, 7) is 1.87. The fraction of sp³-hybridized carbons (Fsp3) is 0.250. The lowest BCUT2D eigenvalue weighted by Crippen LogP contribution is -1.98. The number of Topliss-reactive ketones (excluding diaryl/α,β-unsaturated/α-hetero) is 1. The van der Waals surface area contributed by atoms with Crippen LogP contribution in [0, 0.1) is 6.92 Å². The van der Waals surface area contributed by atoms with Crippen molar-refractivity contribution in [1.82, 2.24) is 4.98 Å². The number of aromatic nitrogens is 1. The second-order valence-corrected chi connectivity index (χ2v) is 2.32. The molecular formula is C8H8BNO. The minimum absolute atomic E-state index is 0.0464. The molecule has 0 atom stereocenters. The van der Waals surface area contributed by atoms with Gasteiger partial charge < -0.3 is 0 Å². The minimum atomic E-state index is -0.0718. The van der Waals surface area contributed by atoms with Crippen molar-refractivity contribution in [3.8, 4) is 0 Å². The summed E-state index contributed by atoms with van der Waals surface area (Å²) in [5, 5.41) is 0. The number of pyridine rings is 1. The number of nitrogens with zero attached hydrogens (tertiary/aromatic N) is 1. The topological polar surface area (TPSA) is 30.0 Å². The fourth-order valence-electron chi connectivity index (χ4n) is 0.751. The average molecular weight is 145 g/mol. The molecule has 0 spiro atoms. The lowest BCUT2D eigenvalue weighted by molar-refractivity contribution is 0.101. The number of hydrogen-bond acceptors (Lipinski definition) is 2. The number of aryl methyl sites for hydroxylation is 1. The van der Waals surface area contributed by atoms with Gasteiger partial charge in [-0.25, -0.2) is 0 Å². The first-order valence-electron chi connectivity index (χ1n) is 3.40. The molecular weight excluding hydrogens is 137 g/mol. The highest BCUT2D eigenvalue weighted by Crippen LogP contribution is 2.01. The summed E-state index contributed by atoms with van der Waals surface area (Å²) in [4.78, 5) is 14.9. The SMILES string of the molecule is [B]CC(=O)c1ccc(C)nc1. The maximum atomic E-state index is 11.0. The molecule has 0 aliphatic rings. The zero-order valence-corrected chi connectivity index (χ0v) is 6.37. The minimum Gasteiger partial charge on any atom is -0.295 e. The van der Waals surface area contributed by atoms with Crippen LogP contribution in [0.1, 0.15) is 16.1 Å². The van der Waals surface area contributed by atoms with Crippen molar-refractivity contribution in [2.45, 2.75) is 13.2 Å². The zero-order valence-electron chi connectivity index (χ0n) is 6.37. The van der Waals surface area contributed by atoms with Crippen molar-refractivity contribution in [1.29, 1.82) is 0 Å². The summed E-state index contributed by atoms with van der Waals surface area (Å²) in [7, 11) is 5.16. The van der Waals surface area contributed by atoms with E-state index in [1.54, 1.807) is 18.3 Å². The van der Waals surface area contributed by atoms with E-state index in [1.165, 1.54) is 0 Å². The standard InChI is InChI=1S/C8H8BNO/c1-6-2-3-7(5-10-6)8(11)4-9/h2-3,5H,4H2,1H3. The average Bonchev–Trinajstić information content (AvgIpc) is 2.05. The van der Waals surface area contributed by atoms with E-state index < -0.39 is 0 Å². The predicted molar refractivity (Wildman–Crippen MR) is 43.9 cm³/mol. The number of carbonyl (C=O) groups is 1. The predicted octanol–water partition coefficient (Wildman–Crippen LogP) is 1.16. The van der Waals surface area contributed by atoms with Gasteiger partial charge in [0.1, 0.15) is 0 Å². The molecule has 54 valence electrons. The van der Waals surface area contributed by atoms with Crippen molar-refractivity contribution in [3.05, 3.63) is 29.6 Å². The van der Waals surface area contributed by atoms with Gasteiger partial charge in [-0.2, -0.15) is 0 Å². The van der Waals surface area contributed by atoms with Crippen LogP contribution in [0.2, 0.25) is 6.32 Å². The summed E-state index contributed by atoms with van der Waals surface area (Å²) in [5.74, 6) is -0.0718. The molecule has 1 heterocycles. The molecule has 0 saturated heterocycles. The second-order valence-electron chi connectivity index (χ2n) is 2.32. The van der Waals surface area contributed by atoms with Crippen LogP contribution in [0.5, 0.6) is 0 Å². The largest absolute Gasteiger partial charge is 0.295 e. The van der Waals surface area contributed by atoms with Gasteiger partial charge in [-0.1, -0.05) is 0 Å². The van der Waals surface area contributed by atoms with E-state index in [1.807, 2.05) is 6.92 Å². The second kappa shape index (κ2) is 3.33. The van der Waals surface area contributed by atoms with Gasteiger partial charge in [-0.3, -0.25) is 9.78 Å². The monoisotopic (exact) mass is 145 g/mol. The van der Waals surface area contributed by atoms with Gasteiger partial charge in [-0.15, -0.1) is 0 Å². The molecule has 2 nitrogen and oxygen atoms in total. The van der Waals surface area contributed by atoms with Crippen LogP contribution in [0.3, 0.4) is 0 Å². The lowest BCUT2D eigenvalue weighted by atomic mass is 9.97. The highest BCUT2D eigenvalue weighted by Gasteiger charge is 2.00. The maximum absolute atomic E-state index is 11.0. The van der Waals surface area contributed by atoms with Crippen LogP contribution < -0.4 is 0 Å². The molecule has 0 N–H and O–H groups in total. The number of carbonyl (C=O) groups excluding carboxylic acids is 1. The molecule has 11 heavy (non-hydrogen) atoms. The van der Waals surface area contributed by atoms with Gasteiger partial charge in [0.15, 0.2) is 5.78 Å². The Balaban J connectivity index is 2.90. The first-order chi connectivity index (χ1) is 5.24. The number of ketones is 1. The van der Waals surface area contributed by atoms with Crippen LogP contribution in [-0.2, 0) is 0 Å². The molecule has 0 aliphatic carbocycles. The van der Waals surface area contributed by atoms with Crippen molar-refractivity contribution in [2.24, 2.45) is 0 Å². The van der Waals surface area contributed by atoms with Crippen molar-refractivity contribution in [2.75, 3.05) is 0 Å². The fourth-order valence-corrected chi connectivity index (χ4v) is 0.751. The summed E-state index contributed by atoms with van der Waals surface area (Å²) in [6, 6.07) is 3.53. The smallest absolute Gasteiger partial charge is 0.155 e. The summed E-state index contributed by atoms with van der Waals surface area (Å²) >= 11 is 0. The Morgan fingerprint density at radius 2 is 2.36 bits per heavy atom. The molecule has 2 radical (unpaired) electrons. The summed E-state index contributed by atoms with van der Waals surface area (Å²) in [6.07, 6.45) is 1.59. The molecule has 0 unspecified atom stereocenters. The van der Waals surface area contributed by atoms with E-state index in [0.29, 0.717) is 5.56 Å². The molecule has 1 aromatic heterocycles. The third-order valence-corrected chi connectivity index (χ3v) is 1.42. The number of hydrogen-bond donors (Lipinski definition) is 0. The van der Waals surface area contributed by atoms with E-state index in [4.69, 9.17) is 7.85 Å². The molecule has 0 aromatic carbocycles. The molecule has 0 aliphatic heterocycles. The van der Waals surface area contributed by atoms with Gasteiger partial charge in [0.25, 0.3) is 0 Å². The summed E-state index contributed by atoms with van der Waals surface area (Å²) in [5.41, 5.74) is 1.48. The highest BCUT2D eigenvalue weighted by molar-refractivity contribution is 6.23. The highest BCUT2D eigenvalue weighted by atomic mass is 16.1. The Kier molecular flexibility index (Phi) is 2.42. The van der Waals surface area contributed by atoms with Crippen LogP contribution >= 0.6 is 0 Å². The molecule has 0 saturated carbocycles. The quantitative estimate of drug-likeness (QED) is 0.461. The van der Waals surface area contributed by atoms with E-state index in [-0.39, 0.29) is 12.1 Å². The van der Waals surface area contributed by atoms with E-state index in [2.05, 4.69) is 4.98 Å². The van der Waals surface area contributed by atoms with Crippen LogP contribution in [-0.4, -0.2) is 18.6 Å². The van der Waals surface area contributed by atoms with E-state index >= 15 is 0 Å². The van der Waals surface area contributed by atoms with Crippen molar-refractivity contribution < 1.29 is 4.79 Å². The maximum Gasteiger partial charge on any atom is 0.155 e.